The Bertz CT molecular complexity index is 948. The van der Waals surface area contributed by atoms with Gasteiger partial charge in [0.05, 0.1) is 23.6 Å². The van der Waals surface area contributed by atoms with Crippen LogP contribution in [0.15, 0.2) is 41.3 Å². The number of ether oxygens (including phenoxy) is 3. The fourth-order valence-corrected chi connectivity index (χ4v) is 3.57. The molecule has 10 heteroatoms. The van der Waals surface area contributed by atoms with Gasteiger partial charge >= 0.3 is 0 Å². The van der Waals surface area contributed by atoms with Crippen molar-refractivity contribution < 1.29 is 27.4 Å². The lowest BCUT2D eigenvalue weighted by molar-refractivity contribution is -0.115. The molecule has 0 aliphatic carbocycles. The number of hydrogen-bond donors (Lipinski definition) is 2. The van der Waals surface area contributed by atoms with Gasteiger partial charge in [0.25, 0.3) is 0 Å². The minimum atomic E-state index is -3.90. The van der Waals surface area contributed by atoms with E-state index in [2.05, 4.69) is 10.0 Å². The number of nitrogens with one attached hydrogen (secondary N) is 2. The van der Waals surface area contributed by atoms with Crippen LogP contribution in [0.4, 0.5) is 5.69 Å². The molecule has 0 unspecified atom stereocenters. The highest BCUT2D eigenvalue weighted by molar-refractivity contribution is 7.89. The normalized spacial score (nSPS) is 12.7. The number of benzene rings is 2. The molecule has 1 heterocycles. The molecule has 0 saturated heterocycles. The van der Waals surface area contributed by atoms with Crippen LogP contribution in [0.5, 0.6) is 17.2 Å². The number of fused-ring (bicyclic) bond motifs is 1. The van der Waals surface area contributed by atoms with Crippen molar-refractivity contribution in [3.8, 4) is 17.2 Å². The number of anilines is 1. The van der Waals surface area contributed by atoms with Crippen molar-refractivity contribution >= 4 is 33.2 Å². The maximum Gasteiger partial charge on any atom is 0.241 e. The Morgan fingerprint density at radius 1 is 1.19 bits per heavy atom. The molecule has 3 rings (SSSR count). The number of amides is 1. The van der Waals surface area contributed by atoms with Crippen LogP contribution in [0.2, 0.25) is 5.02 Å². The first-order chi connectivity index (χ1) is 12.4. The number of methoxy groups -OCH3 is 1. The summed E-state index contributed by atoms with van der Waals surface area (Å²) >= 11 is 5.93. The van der Waals surface area contributed by atoms with E-state index in [1.165, 1.54) is 25.3 Å². The summed E-state index contributed by atoms with van der Waals surface area (Å²) in [6, 6.07) is 8.90. The first kappa shape index (κ1) is 18.3. The molecule has 0 fully saturated rings. The standard InChI is InChI=1S/C16H15ClN2O6S/c1-23-13-5-3-11(7-12(13)17)26(21,22)18-8-16(20)19-10-2-4-14-15(6-10)25-9-24-14/h2-7,18H,8-9H2,1H3,(H,19,20). The molecule has 0 saturated carbocycles. The third-order valence-corrected chi connectivity index (χ3v) is 5.21. The highest BCUT2D eigenvalue weighted by Crippen LogP contribution is 2.34. The minimum Gasteiger partial charge on any atom is -0.495 e. The highest BCUT2D eigenvalue weighted by atomic mass is 35.5. The summed E-state index contributed by atoms with van der Waals surface area (Å²) in [4.78, 5) is 11.9. The molecule has 138 valence electrons. The van der Waals surface area contributed by atoms with Gasteiger partial charge in [-0.05, 0) is 30.3 Å². The number of halogens is 1. The van der Waals surface area contributed by atoms with Crippen LogP contribution in [-0.2, 0) is 14.8 Å². The van der Waals surface area contributed by atoms with Crippen LogP contribution in [0.25, 0.3) is 0 Å². The van der Waals surface area contributed by atoms with Gasteiger partial charge in [0.2, 0.25) is 22.7 Å². The molecule has 0 aromatic heterocycles. The van der Waals surface area contributed by atoms with Gasteiger partial charge < -0.3 is 19.5 Å². The smallest absolute Gasteiger partial charge is 0.241 e. The van der Waals surface area contributed by atoms with Gasteiger partial charge in [-0.15, -0.1) is 0 Å². The van der Waals surface area contributed by atoms with Crippen molar-refractivity contribution in [1.82, 2.24) is 4.72 Å². The first-order valence-corrected chi connectivity index (χ1v) is 9.28. The monoisotopic (exact) mass is 398 g/mol. The zero-order valence-corrected chi connectivity index (χ0v) is 15.2. The number of carbonyl (C=O) groups is 1. The molecule has 1 amide bonds. The molecule has 26 heavy (non-hydrogen) atoms. The Kier molecular flexibility index (Phi) is 5.21. The lowest BCUT2D eigenvalue weighted by Crippen LogP contribution is -2.32. The molecular weight excluding hydrogens is 384 g/mol. The van der Waals surface area contributed by atoms with E-state index < -0.39 is 22.5 Å². The second-order valence-corrected chi connectivity index (χ2v) is 7.41. The number of carbonyl (C=O) groups excluding carboxylic acids is 1. The van der Waals surface area contributed by atoms with Gasteiger partial charge in [-0.25, -0.2) is 13.1 Å². The number of sulfonamides is 1. The Morgan fingerprint density at radius 2 is 1.96 bits per heavy atom. The summed E-state index contributed by atoms with van der Waals surface area (Å²) in [6.45, 7) is -0.322. The zero-order chi connectivity index (χ0) is 18.7. The third-order valence-electron chi connectivity index (χ3n) is 3.51. The maximum atomic E-state index is 12.3. The highest BCUT2D eigenvalue weighted by Gasteiger charge is 2.18. The summed E-state index contributed by atoms with van der Waals surface area (Å²) in [5.74, 6) is 0.912. The quantitative estimate of drug-likeness (QED) is 0.771. The Labute approximate surface area is 155 Å². The first-order valence-electron chi connectivity index (χ1n) is 7.42. The molecule has 2 N–H and O–H groups in total. The van der Waals surface area contributed by atoms with Gasteiger partial charge in [-0.1, -0.05) is 11.6 Å². The average Bonchev–Trinajstić information content (AvgIpc) is 3.08. The molecule has 1 aliphatic heterocycles. The van der Waals surface area contributed by atoms with E-state index in [0.717, 1.165) is 0 Å². The van der Waals surface area contributed by atoms with E-state index in [-0.39, 0.29) is 16.7 Å². The van der Waals surface area contributed by atoms with E-state index in [4.69, 9.17) is 25.8 Å². The summed E-state index contributed by atoms with van der Waals surface area (Å²) in [6.07, 6.45) is 0. The van der Waals surface area contributed by atoms with Gasteiger partial charge in [0, 0.05) is 11.8 Å². The van der Waals surface area contributed by atoms with Crippen LogP contribution < -0.4 is 24.2 Å². The molecule has 0 spiro atoms. The predicted molar refractivity (Wildman–Crippen MR) is 94.4 cm³/mol. The van der Waals surface area contributed by atoms with Crippen LogP contribution in [0.3, 0.4) is 0 Å². The average molecular weight is 399 g/mol. The maximum absolute atomic E-state index is 12.3. The van der Waals surface area contributed by atoms with Crippen LogP contribution in [0.1, 0.15) is 0 Å². The SMILES string of the molecule is COc1ccc(S(=O)(=O)NCC(=O)Nc2ccc3c(c2)OCO3)cc1Cl. The summed E-state index contributed by atoms with van der Waals surface area (Å²) in [7, 11) is -2.48. The Morgan fingerprint density at radius 3 is 2.69 bits per heavy atom. The van der Waals surface area contributed by atoms with Crippen LogP contribution >= 0.6 is 11.6 Å². The fraction of sp³-hybridized carbons (Fsp3) is 0.188. The van der Waals surface area contributed by atoms with E-state index in [1.54, 1.807) is 18.2 Å². The zero-order valence-electron chi connectivity index (χ0n) is 13.6. The summed E-state index contributed by atoms with van der Waals surface area (Å²) < 4.78 is 42.1. The van der Waals surface area contributed by atoms with Crippen molar-refractivity contribution in [2.45, 2.75) is 4.90 Å². The largest absolute Gasteiger partial charge is 0.495 e. The Hall–Kier alpha value is -2.49. The van der Waals surface area contributed by atoms with Gasteiger partial charge in [0.1, 0.15) is 5.75 Å². The minimum absolute atomic E-state index is 0.0702. The van der Waals surface area contributed by atoms with E-state index in [9.17, 15) is 13.2 Å². The molecule has 0 radical (unpaired) electrons. The summed E-state index contributed by atoms with van der Waals surface area (Å²) in [5.41, 5.74) is 0.464. The number of hydrogen-bond acceptors (Lipinski definition) is 6. The molecule has 1 aliphatic rings. The lowest BCUT2D eigenvalue weighted by atomic mass is 10.3. The van der Waals surface area contributed by atoms with Crippen molar-refractivity contribution in [3.05, 3.63) is 41.4 Å². The Balaban J connectivity index is 1.62. The summed E-state index contributed by atoms with van der Waals surface area (Å²) in [5, 5.41) is 2.73. The molecule has 2 aromatic rings. The van der Waals surface area contributed by atoms with Crippen LogP contribution in [0, 0.1) is 0 Å². The molecule has 2 aromatic carbocycles. The third kappa shape index (κ3) is 4.01. The van der Waals surface area contributed by atoms with Crippen molar-refractivity contribution in [2.75, 3.05) is 25.8 Å². The van der Waals surface area contributed by atoms with E-state index >= 15 is 0 Å². The molecule has 8 nitrogen and oxygen atoms in total. The molecule has 0 atom stereocenters. The van der Waals surface area contributed by atoms with E-state index in [1.807, 2.05) is 0 Å². The van der Waals surface area contributed by atoms with Crippen LogP contribution in [-0.4, -0.2) is 34.8 Å². The van der Waals surface area contributed by atoms with E-state index in [0.29, 0.717) is 22.9 Å². The van der Waals surface area contributed by atoms with Crippen molar-refractivity contribution in [3.63, 3.8) is 0 Å². The van der Waals surface area contributed by atoms with Gasteiger partial charge in [-0.3, -0.25) is 4.79 Å². The van der Waals surface area contributed by atoms with Gasteiger partial charge in [0.15, 0.2) is 11.5 Å². The molecule has 0 bridgehead atoms. The van der Waals surface area contributed by atoms with Gasteiger partial charge in [-0.2, -0.15) is 0 Å². The second-order valence-electron chi connectivity index (χ2n) is 5.24. The number of rotatable bonds is 6. The second kappa shape index (κ2) is 7.40. The fourth-order valence-electron chi connectivity index (χ4n) is 2.24. The molecular formula is C16H15ClN2O6S. The van der Waals surface area contributed by atoms with Crippen molar-refractivity contribution in [2.24, 2.45) is 0 Å². The van der Waals surface area contributed by atoms with Crippen molar-refractivity contribution in [1.29, 1.82) is 0 Å². The topological polar surface area (TPSA) is 103 Å². The lowest BCUT2D eigenvalue weighted by Gasteiger charge is -2.10. The predicted octanol–water partition coefficient (Wildman–Crippen LogP) is 1.99.